The molecule has 1 amide bonds. The van der Waals surface area contributed by atoms with E-state index < -0.39 is 22.9 Å². The number of esters is 1. The van der Waals surface area contributed by atoms with Gasteiger partial charge in [0.05, 0.1) is 16.5 Å². The highest BCUT2D eigenvalue weighted by Gasteiger charge is 2.38. The van der Waals surface area contributed by atoms with Crippen LogP contribution in [0, 0.1) is 29.9 Å². The van der Waals surface area contributed by atoms with Crippen LogP contribution in [0.3, 0.4) is 0 Å². The van der Waals surface area contributed by atoms with E-state index in [4.69, 9.17) is 4.74 Å². The summed E-state index contributed by atoms with van der Waals surface area (Å²) in [6.07, 6.45) is -1.06. The lowest BCUT2D eigenvalue weighted by atomic mass is 10.1. The fraction of sp³-hybridized carbons (Fsp3) is 0.318. The van der Waals surface area contributed by atoms with E-state index >= 15 is 0 Å². The lowest BCUT2D eigenvalue weighted by Crippen LogP contribution is -2.30. The number of ether oxygens (including phenoxy) is 1. The highest BCUT2D eigenvalue weighted by atomic mass is 16.6. The van der Waals surface area contributed by atoms with Crippen molar-refractivity contribution in [3.63, 3.8) is 0 Å². The standard InChI is InChI=1S/C22H22N2O6/c1-13-4-7-16(8-5-13)21(26)15(3)30-22(27)17-10-20(25)23(12-17)18-9-6-14(2)19(11-18)24(28)29/h4-9,11,15,17H,10,12H2,1-3H3/t15-,17-/m0/s1. The highest BCUT2D eigenvalue weighted by molar-refractivity contribution is 6.02. The fourth-order valence-corrected chi connectivity index (χ4v) is 3.35. The highest BCUT2D eigenvalue weighted by Crippen LogP contribution is 2.30. The Labute approximate surface area is 173 Å². The van der Waals surface area contributed by atoms with Crippen molar-refractivity contribution < 1.29 is 24.0 Å². The summed E-state index contributed by atoms with van der Waals surface area (Å²) in [6, 6.07) is 11.4. The zero-order valence-corrected chi connectivity index (χ0v) is 17.0. The number of nitro benzene ring substituents is 1. The molecule has 1 aliphatic rings. The van der Waals surface area contributed by atoms with Crippen LogP contribution in [0.2, 0.25) is 0 Å². The Kier molecular flexibility index (Phi) is 5.96. The molecular weight excluding hydrogens is 388 g/mol. The maximum Gasteiger partial charge on any atom is 0.312 e. The summed E-state index contributed by atoms with van der Waals surface area (Å²) >= 11 is 0. The molecule has 2 atom stereocenters. The molecule has 1 heterocycles. The van der Waals surface area contributed by atoms with Gasteiger partial charge in [0.1, 0.15) is 0 Å². The molecule has 8 heteroatoms. The van der Waals surface area contributed by atoms with Crippen molar-refractivity contribution in [2.24, 2.45) is 5.92 Å². The van der Waals surface area contributed by atoms with E-state index in [-0.39, 0.29) is 30.3 Å². The molecule has 0 saturated carbocycles. The van der Waals surface area contributed by atoms with Gasteiger partial charge in [-0.05, 0) is 26.8 Å². The number of amides is 1. The number of anilines is 1. The Bertz CT molecular complexity index is 1010. The summed E-state index contributed by atoms with van der Waals surface area (Å²) in [4.78, 5) is 49.4. The van der Waals surface area contributed by atoms with E-state index in [1.807, 2.05) is 6.92 Å². The van der Waals surface area contributed by atoms with Gasteiger partial charge in [0.25, 0.3) is 5.69 Å². The van der Waals surface area contributed by atoms with Crippen LogP contribution in [-0.4, -0.2) is 35.2 Å². The predicted octanol–water partition coefficient (Wildman–Crippen LogP) is 3.38. The largest absolute Gasteiger partial charge is 0.454 e. The Hall–Kier alpha value is -3.55. The average Bonchev–Trinajstić information content (AvgIpc) is 3.10. The number of carbonyl (C=O) groups is 3. The molecular formula is C22H22N2O6. The predicted molar refractivity (Wildman–Crippen MR) is 109 cm³/mol. The lowest BCUT2D eigenvalue weighted by Gasteiger charge is -2.18. The summed E-state index contributed by atoms with van der Waals surface area (Å²) in [5.74, 6) is -2.03. The van der Waals surface area contributed by atoms with Gasteiger partial charge in [-0.25, -0.2) is 0 Å². The summed E-state index contributed by atoms with van der Waals surface area (Å²) in [5.41, 5.74) is 2.20. The number of carbonyl (C=O) groups excluding carboxylic acids is 3. The van der Waals surface area contributed by atoms with Gasteiger partial charge in [-0.1, -0.05) is 35.9 Å². The Morgan fingerprint density at radius 2 is 1.83 bits per heavy atom. The number of rotatable bonds is 6. The number of benzene rings is 2. The molecule has 1 fully saturated rings. The van der Waals surface area contributed by atoms with Crippen molar-refractivity contribution in [1.29, 1.82) is 0 Å². The van der Waals surface area contributed by atoms with Crippen LogP contribution >= 0.6 is 0 Å². The first kappa shape index (κ1) is 21.2. The van der Waals surface area contributed by atoms with Crippen LogP contribution in [0.4, 0.5) is 11.4 Å². The molecule has 0 aliphatic carbocycles. The Morgan fingerprint density at radius 3 is 2.47 bits per heavy atom. The molecule has 0 aromatic heterocycles. The third-order valence-electron chi connectivity index (χ3n) is 5.16. The van der Waals surface area contributed by atoms with Gasteiger partial charge in [0.15, 0.2) is 6.10 Å². The summed E-state index contributed by atoms with van der Waals surface area (Å²) in [6.45, 7) is 5.06. The molecule has 2 aromatic carbocycles. The van der Waals surface area contributed by atoms with Gasteiger partial charge in [-0.3, -0.25) is 24.5 Å². The SMILES string of the molecule is Cc1ccc(C(=O)[C@H](C)OC(=O)[C@H]2CC(=O)N(c3ccc(C)c([N+](=O)[O-])c3)C2)cc1. The molecule has 3 rings (SSSR count). The van der Waals surface area contributed by atoms with Crippen molar-refractivity contribution in [3.8, 4) is 0 Å². The number of hydrogen-bond acceptors (Lipinski definition) is 6. The third-order valence-corrected chi connectivity index (χ3v) is 5.16. The van der Waals surface area contributed by atoms with Crippen molar-refractivity contribution in [3.05, 3.63) is 69.3 Å². The number of nitrogens with zero attached hydrogens (tertiary/aromatic N) is 2. The first-order chi connectivity index (χ1) is 14.2. The van der Waals surface area contributed by atoms with Crippen LogP contribution in [-0.2, 0) is 14.3 Å². The first-order valence-corrected chi connectivity index (χ1v) is 9.54. The monoisotopic (exact) mass is 410 g/mol. The molecule has 30 heavy (non-hydrogen) atoms. The number of nitro groups is 1. The molecule has 0 radical (unpaired) electrons. The van der Waals surface area contributed by atoms with Crippen LogP contribution in [0.5, 0.6) is 0 Å². The third kappa shape index (κ3) is 4.37. The fourth-order valence-electron chi connectivity index (χ4n) is 3.35. The normalized spacial score (nSPS) is 17.0. The maximum atomic E-state index is 12.5. The smallest absolute Gasteiger partial charge is 0.312 e. The van der Waals surface area contributed by atoms with E-state index in [0.29, 0.717) is 16.8 Å². The molecule has 0 N–H and O–H groups in total. The molecule has 2 aromatic rings. The number of Topliss-reactive ketones (excluding diaryl/α,β-unsaturated/α-hetero) is 1. The molecule has 1 aliphatic heterocycles. The van der Waals surface area contributed by atoms with Crippen molar-refractivity contribution in [1.82, 2.24) is 0 Å². The molecule has 8 nitrogen and oxygen atoms in total. The van der Waals surface area contributed by atoms with Gasteiger partial charge in [-0.15, -0.1) is 0 Å². The van der Waals surface area contributed by atoms with E-state index in [9.17, 15) is 24.5 Å². The number of ketones is 1. The quantitative estimate of drug-likeness (QED) is 0.313. The Balaban J connectivity index is 1.68. The number of hydrogen-bond donors (Lipinski definition) is 0. The summed E-state index contributed by atoms with van der Waals surface area (Å²) in [7, 11) is 0. The second kappa shape index (κ2) is 8.44. The second-order valence-electron chi connectivity index (χ2n) is 7.44. The van der Waals surface area contributed by atoms with Gasteiger partial charge >= 0.3 is 5.97 Å². The summed E-state index contributed by atoms with van der Waals surface area (Å²) in [5, 5.41) is 11.2. The topological polar surface area (TPSA) is 107 Å². The van der Waals surface area contributed by atoms with E-state index in [1.165, 1.54) is 17.9 Å². The van der Waals surface area contributed by atoms with Crippen LogP contribution in [0.15, 0.2) is 42.5 Å². The van der Waals surface area contributed by atoms with E-state index in [1.54, 1.807) is 43.3 Å². The molecule has 1 saturated heterocycles. The van der Waals surface area contributed by atoms with Gasteiger partial charge in [-0.2, -0.15) is 0 Å². The van der Waals surface area contributed by atoms with Gasteiger partial charge in [0, 0.05) is 30.2 Å². The van der Waals surface area contributed by atoms with E-state index in [0.717, 1.165) is 5.56 Å². The minimum Gasteiger partial charge on any atom is -0.454 e. The van der Waals surface area contributed by atoms with Crippen molar-refractivity contribution in [2.75, 3.05) is 11.4 Å². The molecule has 0 unspecified atom stereocenters. The Morgan fingerprint density at radius 1 is 1.17 bits per heavy atom. The van der Waals surface area contributed by atoms with E-state index in [2.05, 4.69) is 0 Å². The first-order valence-electron chi connectivity index (χ1n) is 9.54. The zero-order chi connectivity index (χ0) is 22.0. The number of aryl methyl sites for hydroxylation is 2. The maximum absolute atomic E-state index is 12.5. The van der Waals surface area contributed by atoms with Crippen LogP contribution < -0.4 is 4.90 Å². The average molecular weight is 410 g/mol. The second-order valence-corrected chi connectivity index (χ2v) is 7.44. The zero-order valence-electron chi connectivity index (χ0n) is 17.0. The minimum absolute atomic E-state index is 0.0450. The lowest BCUT2D eigenvalue weighted by molar-refractivity contribution is -0.385. The van der Waals surface area contributed by atoms with Gasteiger partial charge < -0.3 is 9.64 Å². The van der Waals surface area contributed by atoms with Crippen LogP contribution in [0.25, 0.3) is 0 Å². The minimum atomic E-state index is -0.982. The molecule has 0 bridgehead atoms. The van der Waals surface area contributed by atoms with Crippen molar-refractivity contribution >= 4 is 29.0 Å². The molecule has 156 valence electrons. The van der Waals surface area contributed by atoms with Crippen LogP contribution in [0.1, 0.15) is 34.8 Å². The molecule has 0 spiro atoms. The van der Waals surface area contributed by atoms with Crippen molar-refractivity contribution in [2.45, 2.75) is 33.3 Å². The summed E-state index contributed by atoms with van der Waals surface area (Å²) < 4.78 is 5.32. The van der Waals surface area contributed by atoms with Gasteiger partial charge in [0.2, 0.25) is 11.7 Å².